The van der Waals surface area contributed by atoms with Gasteiger partial charge < -0.3 is 19.8 Å². The first-order valence-electron chi connectivity index (χ1n) is 10.3. The van der Waals surface area contributed by atoms with Crippen molar-refractivity contribution < 1.29 is 19.1 Å². The lowest BCUT2D eigenvalue weighted by Crippen LogP contribution is -2.42. The molecule has 1 aliphatic heterocycles. The molecular formula is C23H28N2O4. The Balaban J connectivity index is 1.58. The second-order valence-corrected chi connectivity index (χ2v) is 8.27. The number of nitrogens with one attached hydrogen (secondary N) is 2. The van der Waals surface area contributed by atoms with Gasteiger partial charge in [-0.05, 0) is 56.9 Å². The largest absolute Gasteiger partial charge is 0.454 e. The molecule has 6 nitrogen and oxygen atoms in total. The molecule has 4 rings (SSSR count). The number of fused-ring (bicyclic) bond motifs is 1. The second kappa shape index (κ2) is 7.58. The molecule has 1 amide bonds. The van der Waals surface area contributed by atoms with Crippen molar-refractivity contribution >= 4 is 11.7 Å². The molecule has 1 aromatic heterocycles. The standard InChI is InChI=1S/C23H28N2O4/c1-14-20(16(3)26)15(2)25-21(14)22(27)24-12-23(9-5-4-6-10-23)17-7-8-18-19(11-17)29-13-28-18/h7-8,11,25H,4-6,9-10,12-13H2,1-3H3,(H,24,27). The number of ketones is 1. The molecule has 0 spiro atoms. The van der Waals surface area contributed by atoms with Crippen LogP contribution in [0.15, 0.2) is 18.2 Å². The van der Waals surface area contributed by atoms with Crippen LogP contribution in [-0.2, 0) is 5.41 Å². The molecule has 1 saturated carbocycles. The van der Waals surface area contributed by atoms with E-state index in [4.69, 9.17) is 9.47 Å². The molecule has 6 heteroatoms. The minimum Gasteiger partial charge on any atom is -0.454 e. The fourth-order valence-corrected chi connectivity index (χ4v) is 4.87. The molecule has 29 heavy (non-hydrogen) atoms. The highest BCUT2D eigenvalue weighted by atomic mass is 16.7. The SMILES string of the molecule is CC(=O)c1c(C)[nH]c(C(=O)NCC2(c3ccc4c(c3)OCO4)CCCCC2)c1C. The van der Waals surface area contributed by atoms with Crippen molar-refractivity contribution in [3.63, 3.8) is 0 Å². The molecule has 0 radical (unpaired) electrons. The highest BCUT2D eigenvalue weighted by Gasteiger charge is 2.36. The summed E-state index contributed by atoms with van der Waals surface area (Å²) in [5.41, 5.74) is 3.61. The molecule has 2 N–H and O–H groups in total. The van der Waals surface area contributed by atoms with Gasteiger partial charge in [-0.15, -0.1) is 0 Å². The average molecular weight is 396 g/mol. The quantitative estimate of drug-likeness (QED) is 0.743. The number of aromatic nitrogens is 1. The number of Topliss-reactive ketones (excluding diaryl/α,β-unsaturated/α-hetero) is 1. The Morgan fingerprint density at radius 3 is 2.52 bits per heavy atom. The lowest BCUT2D eigenvalue weighted by molar-refractivity contribution is 0.0931. The van der Waals surface area contributed by atoms with E-state index in [2.05, 4.69) is 22.4 Å². The smallest absolute Gasteiger partial charge is 0.268 e. The van der Waals surface area contributed by atoms with Gasteiger partial charge in [-0.25, -0.2) is 0 Å². The zero-order chi connectivity index (χ0) is 20.6. The van der Waals surface area contributed by atoms with Crippen molar-refractivity contribution in [3.05, 3.63) is 46.3 Å². The molecule has 1 fully saturated rings. The van der Waals surface area contributed by atoms with E-state index in [1.165, 1.54) is 18.9 Å². The Bertz CT molecular complexity index is 954. The second-order valence-electron chi connectivity index (χ2n) is 8.27. The van der Waals surface area contributed by atoms with E-state index in [-0.39, 0.29) is 23.9 Å². The number of H-pyrrole nitrogens is 1. The van der Waals surface area contributed by atoms with Gasteiger partial charge in [-0.3, -0.25) is 9.59 Å². The number of aromatic amines is 1. The van der Waals surface area contributed by atoms with Crippen LogP contribution in [0.2, 0.25) is 0 Å². The van der Waals surface area contributed by atoms with Gasteiger partial charge in [0.25, 0.3) is 5.91 Å². The van der Waals surface area contributed by atoms with Crippen molar-refractivity contribution in [2.24, 2.45) is 0 Å². The van der Waals surface area contributed by atoms with Crippen LogP contribution in [0, 0.1) is 13.8 Å². The van der Waals surface area contributed by atoms with Gasteiger partial charge in [-0.2, -0.15) is 0 Å². The Hall–Kier alpha value is -2.76. The number of carbonyl (C=O) groups is 2. The van der Waals surface area contributed by atoms with E-state index in [1.807, 2.05) is 19.9 Å². The molecule has 0 bridgehead atoms. The van der Waals surface area contributed by atoms with Crippen LogP contribution in [0.4, 0.5) is 0 Å². The third-order valence-electron chi connectivity index (χ3n) is 6.40. The molecule has 2 aromatic rings. The normalized spacial score (nSPS) is 17.2. The summed E-state index contributed by atoms with van der Waals surface area (Å²) in [6, 6.07) is 6.13. The number of hydrogen-bond acceptors (Lipinski definition) is 4. The number of benzene rings is 1. The molecule has 2 heterocycles. The van der Waals surface area contributed by atoms with Crippen molar-refractivity contribution in [2.75, 3.05) is 13.3 Å². The van der Waals surface area contributed by atoms with Gasteiger partial charge in [0.2, 0.25) is 6.79 Å². The van der Waals surface area contributed by atoms with E-state index in [0.29, 0.717) is 23.4 Å². The molecular weight excluding hydrogens is 368 g/mol. The predicted octanol–water partition coefficient (Wildman–Crippen LogP) is 4.19. The summed E-state index contributed by atoms with van der Waals surface area (Å²) in [6.45, 7) is 5.99. The average Bonchev–Trinajstić information content (AvgIpc) is 3.30. The number of ether oxygens (including phenoxy) is 2. The first-order valence-corrected chi connectivity index (χ1v) is 10.3. The van der Waals surface area contributed by atoms with Crippen LogP contribution >= 0.6 is 0 Å². The van der Waals surface area contributed by atoms with Gasteiger partial charge in [0.15, 0.2) is 17.3 Å². The first kappa shape index (κ1) is 19.6. The molecule has 0 saturated heterocycles. The summed E-state index contributed by atoms with van der Waals surface area (Å²) in [4.78, 5) is 27.9. The fraction of sp³-hybridized carbons (Fsp3) is 0.478. The number of rotatable bonds is 5. The Labute approximate surface area is 171 Å². The monoisotopic (exact) mass is 396 g/mol. The summed E-state index contributed by atoms with van der Waals surface area (Å²) in [6.07, 6.45) is 5.54. The van der Waals surface area contributed by atoms with Crippen LogP contribution in [-0.4, -0.2) is 30.0 Å². The molecule has 154 valence electrons. The van der Waals surface area contributed by atoms with Crippen molar-refractivity contribution in [2.45, 2.75) is 58.3 Å². The van der Waals surface area contributed by atoms with Crippen molar-refractivity contribution in [1.82, 2.24) is 10.3 Å². The minimum atomic E-state index is -0.163. The molecule has 2 aliphatic rings. The van der Waals surface area contributed by atoms with Crippen LogP contribution in [0.5, 0.6) is 11.5 Å². The third kappa shape index (κ3) is 3.52. The number of aryl methyl sites for hydroxylation is 1. The summed E-state index contributed by atoms with van der Waals surface area (Å²) in [7, 11) is 0. The van der Waals surface area contributed by atoms with Crippen LogP contribution < -0.4 is 14.8 Å². The Morgan fingerprint density at radius 2 is 1.83 bits per heavy atom. The van der Waals surface area contributed by atoms with Crippen molar-refractivity contribution in [1.29, 1.82) is 0 Å². The summed E-state index contributed by atoms with van der Waals surface area (Å²) in [5, 5.41) is 3.14. The van der Waals surface area contributed by atoms with Gasteiger partial charge in [0.05, 0.1) is 0 Å². The Kier molecular flexibility index (Phi) is 5.11. The highest BCUT2D eigenvalue weighted by molar-refractivity contribution is 6.02. The van der Waals surface area contributed by atoms with Gasteiger partial charge in [-0.1, -0.05) is 25.3 Å². The number of hydrogen-bond donors (Lipinski definition) is 2. The van der Waals surface area contributed by atoms with E-state index in [0.717, 1.165) is 42.9 Å². The fourth-order valence-electron chi connectivity index (χ4n) is 4.87. The molecule has 0 atom stereocenters. The molecule has 1 aliphatic carbocycles. The van der Waals surface area contributed by atoms with Gasteiger partial charge in [0, 0.05) is 23.2 Å². The summed E-state index contributed by atoms with van der Waals surface area (Å²) < 4.78 is 11.0. The van der Waals surface area contributed by atoms with Crippen molar-refractivity contribution in [3.8, 4) is 11.5 Å². The maximum absolute atomic E-state index is 13.0. The molecule has 0 unspecified atom stereocenters. The van der Waals surface area contributed by atoms with E-state index < -0.39 is 0 Å². The van der Waals surface area contributed by atoms with E-state index in [9.17, 15) is 9.59 Å². The summed E-state index contributed by atoms with van der Waals surface area (Å²) >= 11 is 0. The topological polar surface area (TPSA) is 80.4 Å². The lowest BCUT2D eigenvalue weighted by atomic mass is 9.69. The van der Waals surface area contributed by atoms with E-state index >= 15 is 0 Å². The van der Waals surface area contributed by atoms with Gasteiger partial charge in [0.1, 0.15) is 5.69 Å². The Morgan fingerprint density at radius 1 is 1.10 bits per heavy atom. The maximum Gasteiger partial charge on any atom is 0.268 e. The van der Waals surface area contributed by atoms with E-state index in [1.54, 1.807) is 0 Å². The van der Waals surface area contributed by atoms with Crippen LogP contribution in [0.1, 0.15) is 76.7 Å². The maximum atomic E-state index is 13.0. The zero-order valence-electron chi connectivity index (χ0n) is 17.3. The lowest BCUT2D eigenvalue weighted by Gasteiger charge is -2.38. The van der Waals surface area contributed by atoms with Crippen LogP contribution in [0.25, 0.3) is 0 Å². The molecule has 1 aromatic carbocycles. The number of amides is 1. The first-order chi connectivity index (χ1) is 13.9. The van der Waals surface area contributed by atoms with Crippen LogP contribution in [0.3, 0.4) is 0 Å². The summed E-state index contributed by atoms with van der Waals surface area (Å²) in [5.74, 6) is 1.36. The highest BCUT2D eigenvalue weighted by Crippen LogP contribution is 2.43. The predicted molar refractivity (Wildman–Crippen MR) is 110 cm³/mol. The zero-order valence-corrected chi connectivity index (χ0v) is 17.3. The van der Waals surface area contributed by atoms with Gasteiger partial charge >= 0.3 is 0 Å². The third-order valence-corrected chi connectivity index (χ3v) is 6.40. The number of carbonyl (C=O) groups excluding carboxylic acids is 2. The minimum absolute atomic E-state index is 0.0283.